The number of fused-ring (bicyclic) bond motifs is 2. The highest BCUT2D eigenvalue weighted by Crippen LogP contribution is 2.39. The zero-order chi connectivity index (χ0) is 20.4. The minimum atomic E-state index is -0.414. The summed E-state index contributed by atoms with van der Waals surface area (Å²) in [5.74, 6) is 0. The Labute approximate surface area is 173 Å². The minimum absolute atomic E-state index is 0.267. The van der Waals surface area contributed by atoms with Gasteiger partial charge < -0.3 is 5.32 Å². The van der Waals surface area contributed by atoms with Gasteiger partial charge in [0.15, 0.2) is 0 Å². The quantitative estimate of drug-likeness (QED) is 0.646. The fraction of sp³-hybridized carbons (Fsp3) is 0.565. The lowest BCUT2D eigenvalue weighted by Crippen LogP contribution is -2.43. The summed E-state index contributed by atoms with van der Waals surface area (Å²) in [6, 6.07) is 2.17. The number of hydroxylamine groups is 1. The predicted octanol–water partition coefficient (Wildman–Crippen LogP) is 4.70. The van der Waals surface area contributed by atoms with Gasteiger partial charge in [-0.15, -0.1) is 0 Å². The number of aryl methyl sites for hydroxylation is 2. The summed E-state index contributed by atoms with van der Waals surface area (Å²) in [5.41, 5.74) is 10.4. The average molecular weight is 397 g/mol. The van der Waals surface area contributed by atoms with Crippen molar-refractivity contribution in [1.29, 1.82) is 0 Å². The molecule has 4 rings (SSSR count). The van der Waals surface area contributed by atoms with Crippen LogP contribution in [-0.2, 0) is 25.7 Å². The Morgan fingerprint density at radius 1 is 1.14 bits per heavy atom. The lowest BCUT2D eigenvalue weighted by Gasteiger charge is -2.27. The first-order valence-corrected chi connectivity index (χ1v) is 11.0. The maximum Gasteiger partial charge on any atom is 0.339 e. The molecule has 1 aromatic carbocycles. The van der Waals surface area contributed by atoms with E-state index in [0.29, 0.717) is 5.70 Å². The molecule has 0 saturated carbocycles. The number of allylic oxidation sites excluding steroid dienone is 2. The van der Waals surface area contributed by atoms with E-state index in [9.17, 15) is 10.0 Å². The number of hydrogen-bond donors (Lipinski definition) is 3. The SMILES string of the molecule is CCC1CCCC/C(C)=C(\N(O)NC(=O)Nc2c3c(cc4c2CC4)CCC3)C=N1. The number of hydrazine groups is 1. The number of hydrogen-bond acceptors (Lipinski definition) is 4. The van der Waals surface area contributed by atoms with Crippen LogP contribution in [-0.4, -0.2) is 28.7 Å². The van der Waals surface area contributed by atoms with Gasteiger partial charge in [-0.1, -0.05) is 19.4 Å². The lowest BCUT2D eigenvalue weighted by atomic mass is 9.83. The van der Waals surface area contributed by atoms with Gasteiger partial charge in [-0.05, 0) is 92.5 Å². The molecule has 2 amide bonds. The van der Waals surface area contributed by atoms with Crippen LogP contribution in [0.1, 0.15) is 74.6 Å². The third-order valence-electron chi connectivity index (χ3n) is 6.57. The van der Waals surface area contributed by atoms with Crippen molar-refractivity contribution < 1.29 is 10.0 Å². The summed E-state index contributed by atoms with van der Waals surface area (Å²) >= 11 is 0. The molecule has 0 bridgehead atoms. The van der Waals surface area contributed by atoms with Gasteiger partial charge >= 0.3 is 6.03 Å². The molecule has 0 aromatic heterocycles. The second-order valence-electron chi connectivity index (χ2n) is 8.51. The van der Waals surface area contributed by atoms with Crippen molar-refractivity contribution in [3.8, 4) is 0 Å². The molecule has 2 aliphatic carbocycles. The molecule has 0 radical (unpaired) electrons. The topological polar surface area (TPSA) is 77.0 Å². The standard InChI is InChI=1S/C23H32N4O2/c1-3-18-9-5-4-7-15(2)21(14-24-18)27(29)26-23(28)25-22-19-10-6-8-16(19)13-17-11-12-20(17)22/h13-14,18,29H,3-12H2,1-2H3,(H2,25,26,28)/b21-15-,24-14?. The number of amides is 2. The van der Waals surface area contributed by atoms with Gasteiger partial charge in [-0.2, -0.15) is 5.17 Å². The summed E-state index contributed by atoms with van der Waals surface area (Å²) in [7, 11) is 0. The van der Waals surface area contributed by atoms with Crippen LogP contribution in [0.2, 0.25) is 0 Å². The Balaban J connectivity index is 1.48. The summed E-state index contributed by atoms with van der Waals surface area (Å²) < 4.78 is 0. The molecule has 1 aliphatic heterocycles. The number of carbonyl (C=O) groups excluding carboxylic acids is 1. The molecule has 3 N–H and O–H groups in total. The Morgan fingerprint density at radius 3 is 2.69 bits per heavy atom. The number of benzene rings is 1. The lowest BCUT2D eigenvalue weighted by molar-refractivity contribution is -0.0808. The predicted molar refractivity (Wildman–Crippen MR) is 115 cm³/mol. The van der Waals surface area contributed by atoms with Crippen molar-refractivity contribution in [3.63, 3.8) is 0 Å². The van der Waals surface area contributed by atoms with Crippen LogP contribution in [0.4, 0.5) is 10.5 Å². The highest BCUT2D eigenvalue weighted by atomic mass is 16.5. The number of anilines is 1. The first-order chi connectivity index (χ1) is 14.1. The van der Waals surface area contributed by atoms with E-state index < -0.39 is 6.03 Å². The van der Waals surface area contributed by atoms with Gasteiger partial charge in [0.2, 0.25) is 0 Å². The van der Waals surface area contributed by atoms with Crippen molar-refractivity contribution >= 4 is 17.9 Å². The molecular formula is C23H32N4O2. The number of nitrogens with one attached hydrogen (secondary N) is 2. The molecule has 1 atom stereocenters. The van der Waals surface area contributed by atoms with Crippen LogP contribution < -0.4 is 10.7 Å². The fourth-order valence-electron chi connectivity index (χ4n) is 4.70. The van der Waals surface area contributed by atoms with Gasteiger partial charge in [0, 0.05) is 17.9 Å². The summed E-state index contributed by atoms with van der Waals surface area (Å²) in [4.78, 5) is 17.3. The Kier molecular flexibility index (Phi) is 5.90. The average Bonchev–Trinajstić information content (AvgIpc) is 3.16. The number of carbonyl (C=O) groups is 1. The van der Waals surface area contributed by atoms with Gasteiger partial charge in [-0.3, -0.25) is 10.2 Å². The number of aliphatic imine (C=N–C) groups is 1. The van der Waals surface area contributed by atoms with E-state index in [4.69, 9.17) is 0 Å². The van der Waals surface area contributed by atoms with E-state index in [0.717, 1.165) is 80.6 Å². The maximum atomic E-state index is 12.7. The van der Waals surface area contributed by atoms with Gasteiger partial charge in [0.1, 0.15) is 5.70 Å². The molecule has 1 heterocycles. The fourth-order valence-corrected chi connectivity index (χ4v) is 4.70. The first-order valence-electron chi connectivity index (χ1n) is 11.0. The monoisotopic (exact) mass is 396 g/mol. The molecule has 156 valence electrons. The van der Waals surface area contributed by atoms with Crippen LogP contribution in [0.3, 0.4) is 0 Å². The molecule has 0 spiro atoms. The van der Waals surface area contributed by atoms with Crippen LogP contribution >= 0.6 is 0 Å². The van der Waals surface area contributed by atoms with Crippen LogP contribution in [0.5, 0.6) is 0 Å². The highest BCUT2D eigenvalue weighted by Gasteiger charge is 2.27. The normalized spacial score (nSPS) is 23.2. The Morgan fingerprint density at radius 2 is 1.93 bits per heavy atom. The van der Waals surface area contributed by atoms with E-state index >= 15 is 0 Å². The van der Waals surface area contributed by atoms with Gasteiger partial charge in [0.25, 0.3) is 0 Å². The third kappa shape index (κ3) is 4.17. The number of nitrogens with zero attached hydrogens (tertiary/aromatic N) is 2. The molecule has 3 aliphatic rings. The van der Waals surface area contributed by atoms with Crippen LogP contribution in [0.25, 0.3) is 0 Å². The summed E-state index contributed by atoms with van der Waals surface area (Å²) in [6.07, 6.45) is 12.2. The summed E-state index contributed by atoms with van der Waals surface area (Å²) in [5, 5.41) is 14.5. The van der Waals surface area contributed by atoms with Crippen molar-refractivity contribution in [3.05, 3.63) is 39.6 Å². The summed E-state index contributed by atoms with van der Waals surface area (Å²) in [6.45, 7) is 4.12. The number of rotatable bonds is 4. The molecule has 0 saturated heterocycles. The largest absolute Gasteiger partial charge is 0.339 e. The molecule has 6 heteroatoms. The molecule has 29 heavy (non-hydrogen) atoms. The van der Waals surface area contributed by atoms with Gasteiger partial charge in [0.05, 0.1) is 0 Å². The van der Waals surface area contributed by atoms with Gasteiger partial charge in [-0.25, -0.2) is 10.2 Å². The van der Waals surface area contributed by atoms with Crippen LogP contribution in [0.15, 0.2) is 22.3 Å². The zero-order valence-corrected chi connectivity index (χ0v) is 17.6. The van der Waals surface area contributed by atoms with Crippen molar-refractivity contribution in [1.82, 2.24) is 10.6 Å². The van der Waals surface area contributed by atoms with E-state index in [2.05, 4.69) is 28.7 Å². The highest BCUT2D eigenvalue weighted by molar-refractivity contribution is 5.92. The maximum absolute atomic E-state index is 12.7. The van der Waals surface area contributed by atoms with E-state index in [1.165, 1.54) is 22.3 Å². The number of urea groups is 1. The molecule has 1 unspecified atom stereocenters. The van der Waals surface area contributed by atoms with E-state index in [1.54, 1.807) is 6.21 Å². The molecule has 0 fully saturated rings. The van der Waals surface area contributed by atoms with E-state index in [-0.39, 0.29) is 6.04 Å². The second kappa shape index (κ2) is 8.57. The first kappa shape index (κ1) is 20.0. The zero-order valence-electron chi connectivity index (χ0n) is 17.6. The Bertz CT molecular complexity index is 859. The third-order valence-corrected chi connectivity index (χ3v) is 6.57. The van der Waals surface area contributed by atoms with E-state index in [1.807, 2.05) is 6.92 Å². The molecule has 1 aromatic rings. The smallest absolute Gasteiger partial charge is 0.306 e. The van der Waals surface area contributed by atoms with Crippen molar-refractivity contribution in [2.75, 3.05) is 5.32 Å². The van der Waals surface area contributed by atoms with Crippen molar-refractivity contribution in [2.24, 2.45) is 4.99 Å². The van der Waals surface area contributed by atoms with Crippen molar-refractivity contribution in [2.45, 2.75) is 84.1 Å². The van der Waals surface area contributed by atoms with Crippen LogP contribution in [0, 0.1) is 0 Å². The molecular weight excluding hydrogens is 364 g/mol. The molecule has 6 nitrogen and oxygen atoms in total. The Hall–Kier alpha value is -2.34. The minimum Gasteiger partial charge on any atom is -0.306 e. The second-order valence-corrected chi connectivity index (χ2v) is 8.51.